The zero-order chi connectivity index (χ0) is 25.8. The number of ether oxygens (including phenoxy) is 1. The van der Waals surface area contributed by atoms with Crippen LogP contribution in [0.1, 0.15) is 54.4 Å². The molecule has 4 rings (SSSR count). The van der Waals surface area contributed by atoms with Crippen LogP contribution in [0.4, 0.5) is 0 Å². The number of benzene rings is 2. The molecule has 194 valence electrons. The highest BCUT2D eigenvalue weighted by molar-refractivity contribution is 7.88. The van der Waals surface area contributed by atoms with Crippen molar-refractivity contribution in [3.63, 3.8) is 0 Å². The zero-order valence-electron chi connectivity index (χ0n) is 20.9. The Bertz CT molecular complexity index is 1170. The van der Waals surface area contributed by atoms with E-state index in [1.54, 1.807) is 23.5 Å². The second kappa shape index (κ2) is 11.0. The number of methoxy groups -OCH3 is 1. The number of carbonyl (C=O) groups excluding carboxylic acids is 2. The van der Waals surface area contributed by atoms with E-state index >= 15 is 0 Å². The molecule has 9 heteroatoms. The van der Waals surface area contributed by atoms with Crippen molar-refractivity contribution in [2.45, 2.75) is 56.7 Å². The molecule has 1 aliphatic carbocycles. The smallest absolute Gasteiger partial charge is 0.251 e. The number of nitrogens with one attached hydrogen (secondary N) is 2. The number of nitrogens with zero attached hydrogens (tertiary/aromatic N) is 1. The van der Waals surface area contributed by atoms with Crippen LogP contribution in [0.3, 0.4) is 0 Å². The molecule has 1 unspecified atom stereocenters. The van der Waals surface area contributed by atoms with Crippen molar-refractivity contribution < 1.29 is 22.7 Å². The Labute approximate surface area is 213 Å². The molecule has 1 heterocycles. The van der Waals surface area contributed by atoms with Crippen molar-refractivity contribution in [1.82, 2.24) is 14.9 Å². The minimum atomic E-state index is -3.56. The lowest BCUT2D eigenvalue weighted by molar-refractivity contribution is -0.122. The van der Waals surface area contributed by atoms with Crippen molar-refractivity contribution in [2.24, 2.45) is 5.92 Å². The van der Waals surface area contributed by atoms with E-state index in [4.69, 9.17) is 4.74 Å². The molecule has 2 amide bonds. The van der Waals surface area contributed by atoms with Crippen LogP contribution in [0.25, 0.3) is 0 Å². The summed E-state index contributed by atoms with van der Waals surface area (Å²) >= 11 is 0. The van der Waals surface area contributed by atoms with Crippen LogP contribution in [-0.2, 0) is 21.4 Å². The van der Waals surface area contributed by atoms with Gasteiger partial charge in [-0.25, -0.2) is 8.42 Å². The first kappa shape index (κ1) is 26.2. The van der Waals surface area contributed by atoms with E-state index in [0.717, 1.165) is 30.6 Å². The second-order valence-electron chi connectivity index (χ2n) is 9.85. The van der Waals surface area contributed by atoms with Gasteiger partial charge in [0.15, 0.2) is 0 Å². The van der Waals surface area contributed by atoms with Crippen LogP contribution in [0, 0.1) is 5.92 Å². The second-order valence-corrected chi connectivity index (χ2v) is 11.7. The quantitative estimate of drug-likeness (QED) is 0.536. The first-order valence-electron chi connectivity index (χ1n) is 12.5. The zero-order valence-corrected chi connectivity index (χ0v) is 21.7. The summed E-state index contributed by atoms with van der Waals surface area (Å²) in [6.07, 6.45) is 5.17. The summed E-state index contributed by atoms with van der Waals surface area (Å²) in [5, 5.41) is 5.94. The fourth-order valence-electron chi connectivity index (χ4n) is 5.97. The van der Waals surface area contributed by atoms with Gasteiger partial charge in [-0.3, -0.25) is 9.59 Å². The van der Waals surface area contributed by atoms with E-state index in [1.807, 2.05) is 42.5 Å². The number of sulfonamides is 1. The van der Waals surface area contributed by atoms with Gasteiger partial charge in [0.2, 0.25) is 15.9 Å². The van der Waals surface area contributed by atoms with Crippen molar-refractivity contribution >= 4 is 21.8 Å². The molecule has 1 saturated carbocycles. The van der Waals surface area contributed by atoms with Crippen LogP contribution in [0.5, 0.6) is 5.75 Å². The number of amides is 2. The van der Waals surface area contributed by atoms with E-state index in [2.05, 4.69) is 10.6 Å². The van der Waals surface area contributed by atoms with Gasteiger partial charge in [-0.1, -0.05) is 36.8 Å². The van der Waals surface area contributed by atoms with Crippen molar-refractivity contribution in [3.05, 3.63) is 65.7 Å². The molecule has 2 aromatic rings. The normalized spacial score (nSPS) is 24.1. The molecule has 1 spiro atoms. The molecule has 0 radical (unpaired) electrons. The number of hydrogen-bond acceptors (Lipinski definition) is 5. The standard InChI is InChI=1S/C27H35N3O5S/c1-35-24-12-10-20(11-13-24)18-28-25(31)17-23-14-16-27(30(23)36(2,33)34)15-6-9-22(27)19-29-26(32)21-7-4-3-5-8-21/h3-5,7-8,10-13,22-23H,6,9,14-19H2,1-2H3,(H,28,31)(H,29,32)/t22-,23+,27?/m1/s1. The maximum Gasteiger partial charge on any atom is 0.251 e. The lowest BCUT2D eigenvalue weighted by atomic mass is 9.85. The maximum atomic E-state index is 13.0. The van der Waals surface area contributed by atoms with Gasteiger partial charge in [-0.15, -0.1) is 0 Å². The van der Waals surface area contributed by atoms with Gasteiger partial charge in [0.05, 0.1) is 13.4 Å². The van der Waals surface area contributed by atoms with E-state index in [1.165, 1.54) is 6.26 Å². The molecule has 2 N–H and O–H groups in total. The summed E-state index contributed by atoms with van der Waals surface area (Å²) in [7, 11) is -1.96. The van der Waals surface area contributed by atoms with E-state index in [9.17, 15) is 18.0 Å². The van der Waals surface area contributed by atoms with Gasteiger partial charge < -0.3 is 15.4 Å². The van der Waals surface area contributed by atoms with Crippen LogP contribution in [-0.4, -0.2) is 56.0 Å². The predicted molar refractivity (Wildman–Crippen MR) is 138 cm³/mol. The van der Waals surface area contributed by atoms with Crippen LogP contribution < -0.4 is 15.4 Å². The highest BCUT2D eigenvalue weighted by Crippen LogP contribution is 2.51. The molecule has 1 saturated heterocycles. The Kier molecular flexibility index (Phi) is 8.00. The largest absolute Gasteiger partial charge is 0.497 e. The monoisotopic (exact) mass is 513 g/mol. The number of hydrogen-bond donors (Lipinski definition) is 2. The van der Waals surface area contributed by atoms with Crippen LogP contribution in [0.2, 0.25) is 0 Å². The van der Waals surface area contributed by atoms with Crippen LogP contribution in [0.15, 0.2) is 54.6 Å². The van der Waals surface area contributed by atoms with Gasteiger partial charge >= 0.3 is 0 Å². The lowest BCUT2D eigenvalue weighted by Crippen LogP contribution is -2.55. The Hall–Kier alpha value is -2.91. The van der Waals surface area contributed by atoms with E-state index in [0.29, 0.717) is 31.5 Å². The molecule has 2 aromatic carbocycles. The predicted octanol–water partition coefficient (Wildman–Crippen LogP) is 3.09. The Balaban J connectivity index is 1.41. The molecular formula is C27H35N3O5S. The highest BCUT2D eigenvalue weighted by atomic mass is 32.2. The third-order valence-electron chi connectivity index (χ3n) is 7.58. The first-order chi connectivity index (χ1) is 17.2. The summed E-state index contributed by atoms with van der Waals surface area (Å²) in [5.41, 5.74) is 0.970. The van der Waals surface area contributed by atoms with E-state index in [-0.39, 0.29) is 30.2 Å². The summed E-state index contributed by atoms with van der Waals surface area (Å²) in [6, 6.07) is 16.1. The fraction of sp³-hybridized carbons (Fsp3) is 0.481. The minimum Gasteiger partial charge on any atom is -0.497 e. The number of carbonyl (C=O) groups is 2. The van der Waals surface area contributed by atoms with Crippen LogP contribution >= 0.6 is 0 Å². The van der Waals surface area contributed by atoms with Crippen molar-refractivity contribution in [1.29, 1.82) is 0 Å². The third-order valence-corrected chi connectivity index (χ3v) is 8.95. The molecule has 36 heavy (non-hydrogen) atoms. The summed E-state index contributed by atoms with van der Waals surface area (Å²) in [4.78, 5) is 25.4. The average Bonchev–Trinajstić information content (AvgIpc) is 3.45. The molecule has 3 atom stereocenters. The average molecular weight is 514 g/mol. The molecule has 8 nitrogen and oxygen atoms in total. The Morgan fingerprint density at radius 2 is 1.75 bits per heavy atom. The van der Waals surface area contributed by atoms with Crippen molar-refractivity contribution in [2.75, 3.05) is 19.9 Å². The van der Waals surface area contributed by atoms with Gasteiger partial charge in [0.1, 0.15) is 5.75 Å². The van der Waals surface area contributed by atoms with E-state index < -0.39 is 15.6 Å². The molecule has 2 fully saturated rings. The van der Waals surface area contributed by atoms with Gasteiger partial charge in [0, 0.05) is 36.7 Å². The van der Waals surface area contributed by atoms with Gasteiger partial charge in [-0.2, -0.15) is 4.31 Å². The molecule has 2 aliphatic rings. The molecular weight excluding hydrogens is 478 g/mol. The minimum absolute atomic E-state index is 0.00671. The summed E-state index contributed by atoms with van der Waals surface area (Å²) in [5.74, 6) is 0.424. The molecule has 1 aliphatic heterocycles. The first-order valence-corrected chi connectivity index (χ1v) is 14.3. The molecule has 0 bridgehead atoms. The summed E-state index contributed by atoms with van der Waals surface area (Å²) in [6.45, 7) is 0.782. The topological polar surface area (TPSA) is 105 Å². The third kappa shape index (κ3) is 5.73. The lowest BCUT2D eigenvalue weighted by Gasteiger charge is -2.41. The highest BCUT2D eigenvalue weighted by Gasteiger charge is 2.56. The maximum absolute atomic E-state index is 13.0. The SMILES string of the molecule is COc1ccc(CNC(=O)C[C@@H]2CCC3(CCC[C@@H]3CNC(=O)c3ccccc3)N2S(C)(=O)=O)cc1. The van der Waals surface area contributed by atoms with Crippen molar-refractivity contribution in [3.8, 4) is 5.75 Å². The van der Waals surface area contributed by atoms with Gasteiger partial charge in [0.25, 0.3) is 5.91 Å². The Morgan fingerprint density at radius 1 is 1.03 bits per heavy atom. The van der Waals surface area contributed by atoms with Gasteiger partial charge in [-0.05, 0) is 61.4 Å². The molecule has 0 aromatic heterocycles. The summed E-state index contributed by atoms with van der Waals surface area (Å²) < 4.78 is 32.8. The number of rotatable bonds is 9. The fourth-order valence-corrected chi connectivity index (χ4v) is 7.68. The Morgan fingerprint density at radius 3 is 2.42 bits per heavy atom.